The lowest BCUT2D eigenvalue weighted by Gasteiger charge is -2.35. The average Bonchev–Trinajstić information content (AvgIpc) is 3.14. The number of aromatic nitrogens is 2. The number of rotatable bonds is 5. The maximum absolute atomic E-state index is 13.0. The van der Waals surface area contributed by atoms with E-state index in [2.05, 4.69) is 15.6 Å². The Kier molecular flexibility index (Phi) is 4.35. The van der Waals surface area contributed by atoms with Crippen LogP contribution >= 0.6 is 0 Å². The van der Waals surface area contributed by atoms with Crippen LogP contribution in [0, 0.1) is 0 Å². The predicted molar refractivity (Wildman–Crippen MR) is 106 cm³/mol. The van der Waals surface area contributed by atoms with Crippen LogP contribution in [0.4, 0.5) is 11.4 Å². The molecule has 1 atom stereocenters. The van der Waals surface area contributed by atoms with Gasteiger partial charge in [-0.25, -0.2) is 17.4 Å². The lowest BCUT2D eigenvalue weighted by Crippen LogP contribution is -2.53. The lowest BCUT2D eigenvalue weighted by molar-refractivity contribution is -0.122. The molecule has 146 valence electrons. The Hall–Kier alpha value is -2.91. The number of pyridine rings is 1. The number of ether oxygens (including phenoxy) is 1. The Morgan fingerprint density at radius 3 is 2.68 bits per heavy atom. The molecule has 2 N–H and O–H groups in total. The Balaban J connectivity index is 1.83. The minimum absolute atomic E-state index is 0.175. The molecule has 8 nitrogen and oxygen atoms in total. The number of carbonyl (C=O) groups excluding carboxylic acids is 1. The second-order valence-electron chi connectivity index (χ2n) is 6.76. The van der Waals surface area contributed by atoms with Crippen LogP contribution in [0.1, 0.15) is 13.8 Å². The largest absolute Gasteiger partial charge is 0.379 e. The van der Waals surface area contributed by atoms with Crippen LogP contribution in [0.2, 0.25) is 0 Å². The van der Waals surface area contributed by atoms with Gasteiger partial charge in [-0.3, -0.25) is 4.79 Å². The number of hydrogen-bond donors (Lipinski definition) is 2. The van der Waals surface area contributed by atoms with Crippen LogP contribution in [0.15, 0.2) is 53.7 Å². The molecular formula is C19H20N4O4S. The van der Waals surface area contributed by atoms with E-state index in [0.29, 0.717) is 23.4 Å². The molecular weight excluding hydrogens is 380 g/mol. The molecule has 1 aliphatic rings. The molecule has 0 aliphatic carbocycles. The fourth-order valence-electron chi connectivity index (χ4n) is 3.19. The molecule has 4 rings (SSSR count). The van der Waals surface area contributed by atoms with Crippen molar-refractivity contribution in [2.24, 2.45) is 0 Å². The van der Waals surface area contributed by atoms with Gasteiger partial charge in [-0.2, -0.15) is 0 Å². The minimum Gasteiger partial charge on any atom is -0.379 e. The molecule has 1 aromatic carbocycles. The molecule has 3 aromatic rings. The van der Waals surface area contributed by atoms with E-state index >= 15 is 0 Å². The van der Waals surface area contributed by atoms with Crippen LogP contribution in [-0.2, 0) is 19.6 Å². The van der Waals surface area contributed by atoms with Gasteiger partial charge < -0.3 is 15.4 Å². The van der Waals surface area contributed by atoms with Crippen LogP contribution in [0.3, 0.4) is 0 Å². The van der Waals surface area contributed by atoms with E-state index < -0.39 is 15.6 Å². The SMILES string of the molecule is CCOC[C@]1(C)Nc2c(cnc3c2ccn3S(=O)(=O)c2ccccc2)NC1=O. The van der Waals surface area contributed by atoms with E-state index in [4.69, 9.17) is 4.74 Å². The van der Waals surface area contributed by atoms with Gasteiger partial charge in [-0.15, -0.1) is 0 Å². The molecule has 0 saturated heterocycles. The van der Waals surface area contributed by atoms with Gasteiger partial charge in [0.15, 0.2) is 5.65 Å². The maximum atomic E-state index is 13.0. The highest BCUT2D eigenvalue weighted by atomic mass is 32.2. The van der Waals surface area contributed by atoms with Gasteiger partial charge in [-0.05, 0) is 32.0 Å². The molecule has 0 saturated carbocycles. The fraction of sp³-hybridized carbons (Fsp3) is 0.263. The Labute approximate surface area is 162 Å². The molecule has 9 heteroatoms. The molecule has 0 fully saturated rings. The highest BCUT2D eigenvalue weighted by molar-refractivity contribution is 7.90. The lowest BCUT2D eigenvalue weighted by atomic mass is 9.98. The highest BCUT2D eigenvalue weighted by Gasteiger charge is 2.39. The van der Waals surface area contributed by atoms with Crippen LogP contribution in [-0.4, -0.2) is 42.0 Å². The molecule has 0 unspecified atom stereocenters. The summed E-state index contributed by atoms with van der Waals surface area (Å²) in [5, 5.41) is 6.65. The Morgan fingerprint density at radius 1 is 1.21 bits per heavy atom. The monoisotopic (exact) mass is 400 g/mol. The second-order valence-corrected chi connectivity index (χ2v) is 8.58. The summed E-state index contributed by atoms with van der Waals surface area (Å²) in [5.41, 5.74) is 0.428. The summed E-state index contributed by atoms with van der Waals surface area (Å²) >= 11 is 0. The van der Waals surface area contributed by atoms with Crippen LogP contribution in [0.5, 0.6) is 0 Å². The first-order chi connectivity index (χ1) is 13.4. The van der Waals surface area contributed by atoms with Crippen molar-refractivity contribution in [2.75, 3.05) is 23.8 Å². The number of carbonyl (C=O) groups is 1. The van der Waals surface area contributed by atoms with Crippen molar-refractivity contribution in [3.05, 3.63) is 48.8 Å². The van der Waals surface area contributed by atoms with E-state index in [-0.39, 0.29) is 23.1 Å². The summed E-state index contributed by atoms with van der Waals surface area (Å²) in [5.74, 6) is -0.231. The molecule has 0 spiro atoms. The number of benzene rings is 1. The van der Waals surface area contributed by atoms with E-state index in [1.807, 2.05) is 6.92 Å². The first-order valence-corrected chi connectivity index (χ1v) is 10.3. The standard InChI is InChI=1S/C19H20N4O4S/c1-3-27-12-19(2)18(24)21-15-11-20-17-14(16(15)22-19)9-10-23(17)28(25,26)13-7-5-4-6-8-13/h4-11,22H,3,12H2,1-2H3,(H,21,24)/t19-/m0/s1. The summed E-state index contributed by atoms with van der Waals surface area (Å²) in [6.45, 7) is 4.26. The second kappa shape index (κ2) is 6.61. The van der Waals surface area contributed by atoms with Gasteiger partial charge in [0.05, 0.1) is 29.1 Å². The molecule has 0 bridgehead atoms. The van der Waals surface area contributed by atoms with Crippen molar-refractivity contribution >= 4 is 38.3 Å². The normalized spacial score (nSPS) is 19.1. The zero-order chi connectivity index (χ0) is 19.9. The van der Waals surface area contributed by atoms with E-state index in [0.717, 1.165) is 3.97 Å². The zero-order valence-electron chi connectivity index (χ0n) is 15.5. The fourth-order valence-corrected chi connectivity index (χ4v) is 4.52. The van der Waals surface area contributed by atoms with Crippen molar-refractivity contribution in [1.29, 1.82) is 0 Å². The maximum Gasteiger partial charge on any atom is 0.269 e. The minimum atomic E-state index is -3.79. The van der Waals surface area contributed by atoms with Gasteiger partial charge >= 0.3 is 0 Å². The topological polar surface area (TPSA) is 102 Å². The number of amides is 1. The van der Waals surface area contributed by atoms with Crippen molar-refractivity contribution in [3.8, 4) is 0 Å². The summed E-state index contributed by atoms with van der Waals surface area (Å²) in [6.07, 6.45) is 2.93. The van der Waals surface area contributed by atoms with Crippen LogP contribution in [0.25, 0.3) is 11.0 Å². The first kappa shape index (κ1) is 18.5. The highest BCUT2D eigenvalue weighted by Crippen LogP contribution is 2.37. The third-order valence-corrected chi connectivity index (χ3v) is 6.41. The summed E-state index contributed by atoms with van der Waals surface area (Å²) in [4.78, 5) is 17.0. The quantitative estimate of drug-likeness (QED) is 0.682. The molecule has 1 aliphatic heterocycles. The predicted octanol–water partition coefficient (Wildman–Crippen LogP) is 2.43. The van der Waals surface area contributed by atoms with Crippen molar-refractivity contribution in [1.82, 2.24) is 8.96 Å². The Bertz CT molecular complexity index is 1160. The number of fused-ring (bicyclic) bond motifs is 3. The molecule has 0 radical (unpaired) electrons. The Morgan fingerprint density at radius 2 is 1.96 bits per heavy atom. The summed E-state index contributed by atoms with van der Waals surface area (Å²) in [6, 6.07) is 9.85. The molecule has 2 aromatic heterocycles. The molecule has 3 heterocycles. The number of anilines is 2. The van der Waals surface area contributed by atoms with Crippen molar-refractivity contribution < 1.29 is 17.9 Å². The first-order valence-electron chi connectivity index (χ1n) is 8.85. The van der Waals surface area contributed by atoms with Crippen molar-refractivity contribution in [2.45, 2.75) is 24.3 Å². The molecule has 28 heavy (non-hydrogen) atoms. The number of nitrogens with one attached hydrogen (secondary N) is 2. The number of hydrogen-bond acceptors (Lipinski definition) is 6. The van der Waals surface area contributed by atoms with Gasteiger partial charge in [0, 0.05) is 18.2 Å². The average molecular weight is 400 g/mol. The van der Waals surface area contributed by atoms with E-state index in [9.17, 15) is 13.2 Å². The molecule has 1 amide bonds. The summed E-state index contributed by atoms with van der Waals surface area (Å²) in [7, 11) is -3.79. The van der Waals surface area contributed by atoms with Crippen LogP contribution < -0.4 is 10.6 Å². The van der Waals surface area contributed by atoms with E-state index in [1.54, 1.807) is 31.2 Å². The third kappa shape index (κ3) is 2.83. The van der Waals surface area contributed by atoms with Gasteiger partial charge in [-0.1, -0.05) is 18.2 Å². The van der Waals surface area contributed by atoms with E-state index in [1.165, 1.54) is 24.5 Å². The third-order valence-electron chi connectivity index (χ3n) is 4.73. The zero-order valence-corrected chi connectivity index (χ0v) is 16.3. The van der Waals surface area contributed by atoms with Crippen molar-refractivity contribution in [3.63, 3.8) is 0 Å². The van der Waals surface area contributed by atoms with Gasteiger partial charge in [0.25, 0.3) is 15.9 Å². The van der Waals surface area contributed by atoms with Gasteiger partial charge in [0.1, 0.15) is 5.54 Å². The number of nitrogens with zero attached hydrogens (tertiary/aromatic N) is 2. The smallest absolute Gasteiger partial charge is 0.269 e. The van der Waals surface area contributed by atoms with Gasteiger partial charge in [0.2, 0.25) is 0 Å². The summed E-state index contributed by atoms with van der Waals surface area (Å²) < 4.78 is 32.6.